The van der Waals surface area contributed by atoms with Gasteiger partial charge < -0.3 is 11.1 Å². The first-order chi connectivity index (χ1) is 5.79. The van der Waals surface area contributed by atoms with Crippen molar-refractivity contribution in [3.8, 4) is 0 Å². The molecular weight excluding hydrogens is 216 g/mol. The molecule has 0 aliphatic carbocycles. The van der Waals surface area contributed by atoms with E-state index < -0.39 is 0 Å². The first-order valence-corrected chi connectivity index (χ1v) is 4.85. The second-order valence-electron chi connectivity index (χ2n) is 3.02. The number of benzene rings is 1. The summed E-state index contributed by atoms with van der Waals surface area (Å²) in [4.78, 5) is 0. The predicted molar refractivity (Wildman–Crippen MR) is 54.0 cm³/mol. The van der Waals surface area contributed by atoms with Crippen LogP contribution in [0.15, 0.2) is 16.6 Å². The van der Waals surface area contributed by atoms with Crippen LogP contribution in [0.3, 0.4) is 0 Å². The predicted octanol–water partition coefficient (Wildman–Crippen LogP) is 1.68. The first kappa shape index (κ1) is 8.08. The van der Waals surface area contributed by atoms with Crippen LogP contribution in [0.25, 0.3) is 0 Å². The smallest absolute Gasteiger partial charge is 0.0351 e. The van der Waals surface area contributed by atoms with Gasteiger partial charge in [0.25, 0.3) is 0 Å². The van der Waals surface area contributed by atoms with Gasteiger partial charge >= 0.3 is 0 Å². The molecule has 0 fully saturated rings. The summed E-state index contributed by atoms with van der Waals surface area (Å²) in [6.45, 7) is 1.97. The Hall–Kier alpha value is -0.540. The Labute approximate surface area is 80.3 Å². The molecule has 0 amide bonds. The number of hydrogen-bond donors (Lipinski definition) is 2. The third-order valence-corrected chi connectivity index (χ3v) is 3.01. The normalized spacial score (nSPS) is 15.8. The Balaban J connectivity index is 2.57. The molecule has 2 nitrogen and oxygen atoms in total. The van der Waals surface area contributed by atoms with Crippen molar-refractivity contribution in [2.24, 2.45) is 0 Å². The van der Waals surface area contributed by atoms with E-state index in [0.717, 1.165) is 25.2 Å². The SMILES string of the molecule is Nc1ccc(Br)c2c1CCNC2. The summed E-state index contributed by atoms with van der Waals surface area (Å²) in [5, 5.41) is 3.32. The second-order valence-corrected chi connectivity index (χ2v) is 3.87. The largest absolute Gasteiger partial charge is 0.398 e. The van der Waals surface area contributed by atoms with Crippen LogP contribution in [0.1, 0.15) is 11.1 Å². The molecule has 3 N–H and O–H groups in total. The van der Waals surface area contributed by atoms with Crippen molar-refractivity contribution < 1.29 is 0 Å². The van der Waals surface area contributed by atoms with E-state index in [2.05, 4.69) is 21.2 Å². The van der Waals surface area contributed by atoms with Gasteiger partial charge in [-0.05, 0) is 36.2 Å². The van der Waals surface area contributed by atoms with Gasteiger partial charge in [-0.1, -0.05) is 15.9 Å². The van der Waals surface area contributed by atoms with Gasteiger partial charge in [-0.3, -0.25) is 0 Å². The molecule has 0 radical (unpaired) electrons. The number of fused-ring (bicyclic) bond motifs is 1. The van der Waals surface area contributed by atoms with Crippen LogP contribution in [0.4, 0.5) is 5.69 Å². The molecule has 3 heteroatoms. The van der Waals surface area contributed by atoms with Crippen molar-refractivity contribution >= 4 is 21.6 Å². The van der Waals surface area contributed by atoms with E-state index >= 15 is 0 Å². The Bertz CT molecular complexity index is 279. The van der Waals surface area contributed by atoms with E-state index in [-0.39, 0.29) is 0 Å². The molecule has 12 heavy (non-hydrogen) atoms. The molecule has 0 atom stereocenters. The minimum absolute atomic E-state index is 0.926. The monoisotopic (exact) mass is 226 g/mol. The van der Waals surface area contributed by atoms with E-state index in [4.69, 9.17) is 5.73 Å². The molecule has 1 aliphatic heterocycles. The maximum Gasteiger partial charge on any atom is 0.0351 e. The molecule has 0 aromatic heterocycles. The summed E-state index contributed by atoms with van der Waals surface area (Å²) in [5.74, 6) is 0. The van der Waals surface area contributed by atoms with Gasteiger partial charge in [0.05, 0.1) is 0 Å². The summed E-state index contributed by atoms with van der Waals surface area (Å²) in [7, 11) is 0. The highest BCUT2D eigenvalue weighted by molar-refractivity contribution is 9.10. The molecule has 1 aliphatic rings. The average molecular weight is 227 g/mol. The molecule has 2 rings (SSSR count). The summed E-state index contributed by atoms with van der Waals surface area (Å²) >= 11 is 3.52. The van der Waals surface area contributed by atoms with Crippen molar-refractivity contribution in [2.45, 2.75) is 13.0 Å². The van der Waals surface area contributed by atoms with E-state index in [1.54, 1.807) is 0 Å². The Morgan fingerprint density at radius 1 is 1.33 bits per heavy atom. The van der Waals surface area contributed by atoms with Gasteiger partial charge in [0.15, 0.2) is 0 Å². The Morgan fingerprint density at radius 3 is 2.92 bits per heavy atom. The van der Waals surface area contributed by atoms with Gasteiger partial charge in [-0.25, -0.2) is 0 Å². The third-order valence-electron chi connectivity index (χ3n) is 2.26. The summed E-state index contributed by atoms with van der Waals surface area (Å²) < 4.78 is 1.17. The highest BCUT2D eigenvalue weighted by Crippen LogP contribution is 2.27. The van der Waals surface area contributed by atoms with Crippen LogP contribution in [-0.2, 0) is 13.0 Å². The van der Waals surface area contributed by atoms with Crippen LogP contribution >= 0.6 is 15.9 Å². The summed E-state index contributed by atoms with van der Waals surface area (Å²) in [6.07, 6.45) is 1.04. The van der Waals surface area contributed by atoms with Gasteiger partial charge in [0.2, 0.25) is 0 Å². The number of nitrogens with two attached hydrogens (primary N) is 1. The third kappa shape index (κ3) is 1.23. The highest BCUT2D eigenvalue weighted by Gasteiger charge is 2.13. The molecule has 0 bridgehead atoms. The molecular formula is C9H11BrN2. The lowest BCUT2D eigenvalue weighted by Crippen LogP contribution is -2.24. The summed E-state index contributed by atoms with van der Waals surface area (Å²) in [5.41, 5.74) is 9.42. The van der Waals surface area contributed by atoms with Crippen molar-refractivity contribution in [1.29, 1.82) is 0 Å². The molecule has 0 saturated heterocycles. The molecule has 1 aromatic carbocycles. The molecule has 64 valence electrons. The topological polar surface area (TPSA) is 38.0 Å². The molecule has 1 heterocycles. The van der Waals surface area contributed by atoms with E-state index in [9.17, 15) is 0 Å². The lowest BCUT2D eigenvalue weighted by Gasteiger charge is -2.19. The number of nitrogens with one attached hydrogen (secondary N) is 1. The van der Waals surface area contributed by atoms with Crippen LogP contribution in [0.5, 0.6) is 0 Å². The fourth-order valence-electron chi connectivity index (χ4n) is 1.60. The molecule has 0 unspecified atom stereocenters. The Morgan fingerprint density at radius 2 is 2.17 bits per heavy atom. The number of nitrogen functional groups attached to an aromatic ring is 1. The number of anilines is 1. The lowest BCUT2D eigenvalue weighted by molar-refractivity contribution is 0.643. The van der Waals surface area contributed by atoms with E-state index in [1.165, 1.54) is 15.6 Å². The maximum absolute atomic E-state index is 5.86. The highest BCUT2D eigenvalue weighted by atomic mass is 79.9. The number of hydrogen-bond acceptors (Lipinski definition) is 2. The van der Waals surface area contributed by atoms with Gasteiger partial charge in [0.1, 0.15) is 0 Å². The number of rotatable bonds is 0. The average Bonchev–Trinajstić information content (AvgIpc) is 2.12. The zero-order valence-electron chi connectivity index (χ0n) is 6.73. The van der Waals surface area contributed by atoms with Crippen LogP contribution in [-0.4, -0.2) is 6.54 Å². The minimum atomic E-state index is 0.926. The lowest BCUT2D eigenvalue weighted by atomic mass is 9.99. The van der Waals surface area contributed by atoms with Crippen LogP contribution < -0.4 is 11.1 Å². The fraction of sp³-hybridized carbons (Fsp3) is 0.333. The fourth-order valence-corrected chi connectivity index (χ4v) is 2.11. The first-order valence-electron chi connectivity index (χ1n) is 4.05. The molecule has 1 aromatic rings. The van der Waals surface area contributed by atoms with E-state index in [1.807, 2.05) is 12.1 Å². The second kappa shape index (κ2) is 3.07. The number of halogens is 1. The van der Waals surface area contributed by atoms with Crippen LogP contribution in [0.2, 0.25) is 0 Å². The van der Waals surface area contributed by atoms with Crippen molar-refractivity contribution in [1.82, 2.24) is 5.32 Å². The van der Waals surface area contributed by atoms with Crippen molar-refractivity contribution in [3.05, 3.63) is 27.7 Å². The molecule has 0 saturated carbocycles. The Kier molecular flexibility index (Phi) is 2.07. The van der Waals surface area contributed by atoms with Crippen molar-refractivity contribution in [2.75, 3.05) is 12.3 Å². The van der Waals surface area contributed by atoms with Crippen LogP contribution in [0, 0.1) is 0 Å². The maximum atomic E-state index is 5.86. The quantitative estimate of drug-likeness (QED) is 0.661. The van der Waals surface area contributed by atoms with Crippen molar-refractivity contribution in [3.63, 3.8) is 0 Å². The minimum Gasteiger partial charge on any atom is -0.398 e. The van der Waals surface area contributed by atoms with E-state index in [0.29, 0.717) is 0 Å². The zero-order valence-corrected chi connectivity index (χ0v) is 8.32. The van der Waals surface area contributed by atoms with Gasteiger partial charge in [-0.2, -0.15) is 0 Å². The van der Waals surface area contributed by atoms with Gasteiger partial charge in [0, 0.05) is 16.7 Å². The molecule has 0 spiro atoms. The van der Waals surface area contributed by atoms with Gasteiger partial charge in [-0.15, -0.1) is 0 Å². The standard InChI is InChI=1S/C9H11BrN2/c10-8-1-2-9(11)6-3-4-12-5-7(6)8/h1-2,12H,3-5,11H2. The zero-order chi connectivity index (χ0) is 8.55. The summed E-state index contributed by atoms with van der Waals surface area (Å²) in [6, 6.07) is 3.98.